The summed E-state index contributed by atoms with van der Waals surface area (Å²) in [6.45, 7) is 1.98. The summed E-state index contributed by atoms with van der Waals surface area (Å²) in [5.41, 5.74) is 1.38. The third kappa shape index (κ3) is 4.17. The molecule has 1 saturated heterocycles. The molecule has 1 aliphatic rings. The largest absolute Gasteiger partial charge is 0.471 e. The SMILES string of the molecule is FC(F)(F)c1nc(-c2cccc(CN=S3CCOCC3)c2)no1. The first-order valence-electron chi connectivity index (χ1n) is 6.95. The Morgan fingerprint density at radius 3 is 2.70 bits per heavy atom. The predicted molar refractivity (Wildman–Crippen MR) is 78.8 cm³/mol. The summed E-state index contributed by atoms with van der Waals surface area (Å²) in [5.74, 6) is 0.442. The van der Waals surface area contributed by atoms with Crippen LogP contribution in [0.3, 0.4) is 0 Å². The van der Waals surface area contributed by atoms with Gasteiger partial charge < -0.3 is 9.26 Å². The summed E-state index contributed by atoms with van der Waals surface area (Å²) in [6, 6.07) is 7.00. The molecule has 0 atom stereocenters. The predicted octanol–water partition coefficient (Wildman–Crippen LogP) is 3.09. The Morgan fingerprint density at radius 1 is 1.22 bits per heavy atom. The molecule has 5 nitrogen and oxygen atoms in total. The van der Waals surface area contributed by atoms with E-state index in [0.717, 1.165) is 30.3 Å². The van der Waals surface area contributed by atoms with E-state index in [1.807, 2.05) is 6.07 Å². The van der Waals surface area contributed by atoms with E-state index in [2.05, 4.69) is 19.0 Å². The number of nitrogens with zero attached hydrogens (tertiary/aromatic N) is 3. The lowest BCUT2D eigenvalue weighted by Gasteiger charge is -2.14. The molecule has 1 fully saturated rings. The number of hydrogen-bond donors (Lipinski definition) is 0. The molecular formula is C14H14F3N3O2S. The first-order chi connectivity index (χ1) is 11.0. The fraction of sp³-hybridized carbons (Fsp3) is 0.429. The molecule has 0 bridgehead atoms. The van der Waals surface area contributed by atoms with Crippen molar-refractivity contribution in [2.45, 2.75) is 12.7 Å². The Balaban J connectivity index is 1.75. The van der Waals surface area contributed by atoms with Crippen molar-refractivity contribution < 1.29 is 22.4 Å². The molecule has 0 spiro atoms. The van der Waals surface area contributed by atoms with Crippen LogP contribution in [0.1, 0.15) is 11.5 Å². The molecule has 0 N–H and O–H groups in total. The molecule has 0 amide bonds. The highest BCUT2D eigenvalue weighted by atomic mass is 32.2. The number of hydrogen-bond acceptors (Lipinski definition) is 5. The highest BCUT2D eigenvalue weighted by Crippen LogP contribution is 2.29. The van der Waals surface area contributed by atoms with Gasteiger partial charge in [0.15, 0.2) is 0 Å². The Morgan fingerprint density at radius 2 is 2.00 bits per heavy atom. The van der Waals surface area contributed by atoms with Crippen LogP contribution in [-0.4, -0.2) is 34.9 Å². The molecule has 124 valence electrons. The van der Waals surface area contributed by atoms with Crippen LogP contribution in [0.5, 0.6) is 0 Å². The second-order valence-corrected chi connectivity index (χ2v) is 6.89. The van der Waals surface area contributed by atoms with Gasteiger partial charge in [0.05, 0.1) is 19.8 Å². The van der Waals surface area contributed by atoms with E-state index in [1.54, 1.807) is 18.2 Å². The van der Waals surface area contributed by atoms with E-state index in [1.165, 1.54) is 0 Å². The zero-order chi connectivity index (χ0) is 16.3. The highest BCUT2D eigenvalue weighted by molar-refractivity contribution is 7.87. The van der Waals surface area contributed by atoms with Gasteiger partial charge in [0.1, 0.15) is 0 Å². The van der Waals surface area contributed by atoms with Crippen LogP contribution in [-0.2, 0) is 28.1 Å². The topological polar surface area (TPSA) is 60.5 Å². The first-order valence-corrected chi connectivity index (χ1v) is 8.47. The van der Waals surface area contributed by atoms with Crippen molar-refractivity contribution in [1.29, 1.82) is 0 Å². The monoisotopic (exact) mass is 345 g/mol. The molecule has 2 heterocycles. The standard InChI is InChI=1S/C14H14F3N3O2S/c15-14(16,17)13-19-12(20-22-13)11-3-1-2-10(8-11)9-18-23-6-4-21-5-7-23/h1-3,8H,4-7,9H2. The molecular weight excluding hydrogens is 331 g/mol. The van der Waals surface area contributed by atoms with Gasteiger partial charge in [-0.05, 0) is 11.6 Å². The Bertz CT molecular complexity index is 707. The Kier molecular flexibility index (Phi) is 4.76. The van der Waals surface area contributed by atoms with Gasteiger partial charge in [0.25, 0.3) is 0 Å². The van der Waals surface area contributed by atoms with Gasteiger partial charge in [-0.1, -0.05) is 34.0 Å². The molecule has 2 aromatic rings. The second-order valence-electron chi connectivity index (χ2n) is 4.89. The van der Waals surface area contributed by atoms with E-state index >= 15 is 0 Å². The van der Waals surface area contributed by atoms with Crippen molar-refractivity contribution >= 4 is 10.7 Å². The maximum Gasteiger partial charge on any atom is 0.471 e. The van der Waals surface area contributed by atoms with Gasteiger partial charge in [-0.15, -0.1) is 0 Å². The number of halogens is 3. The third-order valence-electron chi connectivity index (χ3n) is 3.21. The van der Waals surface area contributed by atoms with Gasteiger partial charge in [-0.3, -0.25) is 4.36 Å². The number of benzene rings is 1. The third-order valence-corrected chi connectivity index (χ3v) is 4.98. The van der Waals surface area contributed by atoms with E-state index in [0.29, 0.717) is 12.1 Å². The molecule has 1 aromatic heterocycles. The van der Waals surface area contributed by atoms with Crippen molar-refractivity contribution in [1.82, 2.24) is 10.1 Å². The van der Waals surface area contributed by atoms with Gasteiger partial charge in [0.2, 0.25) is 5.82 Å². The second kappa shape index (κ2) is 6.79. The van der Waals surface area contributed by atoms with E-state index in [4.69, 9.17) is 4.74 Å². The number of ether oxygens (including phenoxy) is 1. The zero-order valence-corrected chi connectivity index (χ0v) is 12.9. The van der Waals surface area contributed by atoms with Gasteiger partial charge in [-0.25, -0.2) is 0 Å². The summed E-state index contributed by atoms with van der Waals surface area (Å²) in [7, 11) is -0.00244. The molecule has 0 saturated carbocycles. The van der Waals surface area contributed by atoms with Crippen LogP contribution in [0, 0.1) is 0 Å². The van der Waals surface area contributed by atoms with Gasteiger partial charge in [0, 0.05) is 17.1 Å². The van der Waals surface area contributed by atoms with Gasteiger partial charge >= 0.3 is 12.1 Å². The van der Waals surface area contributed by atoms with E-state index < -0.39 is 12.1 Å². The number of alkyl halides is 3. The molecule has 0 aliphatic carbocycles. The van der Waals surface area contributed by atoms with Crippen molar-refractivity contribution in [3.8, 4) is 11.4 Å². The average molecular weight is 345 g/mol. The molecule has 3 rings (SSSR count). The lowest BCUT2D eigenvalue weighted by Crippen LogP contribution is -2.20. The van der Waals surface area contributed by atoms with Crippen LogP contribution in [0.25, 0.3) is 11.4 Å². The first kappa shape index (κ1) is 16.1. The Hall–Kier alpha value is -1.74. The maximum atomic E-state index is 12.5. The van der Waals surface area contributed by atoms with Crippen LogP contribution >= 0.6 is 0 Å². The summed E-state index contributed by atoms with van der Waals surface area (Å²) in [6.07, 6.45) is -4.64. The fourth-order valence-electron chi connectivity index (χ4n) is 2.07. The molecule has 9 heteroatoms. The van der Waals surface area contributed by atoms with Crippen molar-refractivity contribution in [2.24, 2.45) is 4.36 Å². The molecule has 1 aliphatic heterocycles. The smallest absolute Gasteiger partial charge is 0.380 e. The normalized spacial score (nSPS) is 16.5. The minimum absolute atomic E-state index is 0.00244. The minimum atomic E-state index is -4.64. The molecule has 1 aromatic carbocycles. The number of rotatable bonds is 3. The molecule has 0 radical (unpaired) electrons. The highest BCUT2D eigenvalue weighted by Gasteiger charge is 2.38. The van der Waals surface area contributed by atoms with E-state index in [-0.39, 0.29) is 16.5 Å². The van der Waals surface area contributed by atoms with Gasteiger partial charge in [-0.2, -0.15) is 18.2 Å². The Labute approximate surface area is 132 Å². The van der Waals surface area contributed by atoms with Crippen molar-refractivity contribution in [2.75, 3.05) is 24.7 Å². The van der Waals surface area contributed by atoms with Crippen LogP contribution < -0.4 is 0 Å². The molecule has 0 unspecified atom stereocenters. The summed E-state index contributed by atoms with van der Waals surface area (Å²) in [5, 5.41) is 3.39. The summed E-state index contributed by atoms with van der Waals surface area (Å²) in [4.78, 5) is 3.39. The van der Waals surface area contributed by atoms with Crippen LogP contribution in [0.4, 0.5) is 13.2 Å². The molecule has 23 heavy (non-hydrogen) atoms. The van der Waals surface area contributed by atoms with Crippen molar-refractivity contribution in [3.05, 3.63) is 35.7 Å². The average Bonchev–Trinajstić information content (AvgIpc) is 3.05. The lowest BCUT2D eigenvalue weighted by atomic mass is 10.1. The van der Waals surface area contributed by atoms with Crippen LogP contribution in [0.15, 0.2) is 33.2 Å². The maximum absolute atomic E-state index is 12.5. The fourth-order valence-corrected chi connectivity index (χ4v) is 3.49. The van der Waals surface area contributed by atoms with Crippen LogP contribution in [0.2, 0.25) is 0 Å². The zero-order valence-electron chi connectivity index (χ0n) is 12.0. The minimum Gasteiger partial charge on any atom is -0.380 e. The lowest BCUT2D eigenvalue weighted by molar-refractivity contribution is -0.159. The van der Waals surface area contributed by atoms with Crippen molar-refractivity contribution in [3.63, 3.8) is 0 Å². The van der Waals surface area contributed by atoms with E-state index in [9.17, 15) is 13.2 Å². The number of aromatic nitrogens is 2. The summed E-state index contributed by atoms with van der Waals surface area (Å²) < 4.78 is 51.7. The summed E-state index contributed by atoms with van der Waals surface area (Å²) >= 11 is 0. The quantitative estimate of drug-likeness (QED) is 0.858.